The third-order valence-electron chi connectivity index (χ3n) is 5.83. The number of amides is 1. The number of hydrogen-bond donors (Lipinski definition) is 0. The van der Waals surface area contributed by atoms with Gasteiger partial charge in [-0.25, -0.2) is 13.4 Å². The van der Waals surface area contributed by atoms with Gasteiger partial charge < -0.3 is 9.47 Å². The molecule has 0 saturated heterocycles. The second-order valence-electron chi connectivity index (χ2n) is 8.40. The maximum absolute atomic E-state index is 13.8. The highest BCUT2D eigenvalue weighted by Crippen LogP contribution is 2.32. The molecule has 0 bridgehead atoms. The van der Waals surface area contributed by atoms with Crippen LogP contribution in [0.25, 0.3) is 10.2 Å². The molecule has 0 radical (unpaired) electrons. The number of thiazole rings is 1. The van der Waals surface area contributed by atoms with E-state index in [2.05, 4.69) is 15.9 Å². The number of halogens is 1. The lowest BCUT2D eigenvalue weighted by Crippen LogP contribution is -2.36. The zero-order chi connectivity index (χ0) is 27.1. The summed E-state index contributed by atoms with van der Waals surface area (Å²) < 4.78 is 39.9. The van der Waals surface area contributed by atoms with Crippen molar-refractivity contribution in [1.82, 2.24) is 9.29 Å². The Morgan fingerprint density at radius 2 is 1.61 bits per heavy atom. The van der Waals surface area contributed by atoms with Crippen LogP contribution in [0, 0.1) is 0 Å². The molecule has 0 atom stereocenters. The molecular formula is C27H28BrN3O5S2. The lowest BCUT2D eigenvalue weighted by molar-refractivity contribution is 0.0985. The first-order chi connectivity index (χ1) is 18.3. The molecule has 0 N–H and O–H groups in total. The van der Waals surface area contributed by atoms with E-state index in [9.17, 15) is 13.2 Å². The summed E-state index contributed by atoms with van der Waals surface area (Å²) in [6.07, 6.45) is 0. The fraction of sp³-hybridized carbons (Fsp3) is 0.259. The summed E-state index contributed by atoms with van der Waals surface area (Å²) in [5.41, 5.74) is 2.11. The first-order valence-corrected chi connectivity index (χ1v) is 14.9. The van der Waals surface area contributed by atoms with Crippen molar-refractivity contribution in [2.24, 2.45) is 0 Å². The number of fused-ring (bicyclic) bond motifs is 1. The normalized spacial score (nSPS) is 11.8. The average molecular weight is 619 g/mol. The summed E-state index contributed by atoms with van der Waals surface area (Å²) >= 11 is 4.92. The van der Waals surface area contributed by atoms with Gasteiger partial charge in [0.25, 0.3) is 5.91 Å². The molecule has 0 spiro atoms. The third-order valence-corrected chi connectivity index (χ3v) is 9.27. The molecule has 11 heteroatoms. The number of benzene rings is 3. The summed E-state index contributed by atoms with van der Waals surface area (Å²) in [7, 11) is -0.755. The molecule has 38 heavy (non-hydrogen) atoms. The van der Waals surface area contributed by atoms with Gasteiger partial charge in [-0.3, -0.25) is 9.69 Å². The highest BCUT2D eigenvalue weighted by atomic mass is 79.9. The largest absolute Gasteiger partial charge is 0.383 e. The highest BCUT2D eigenvalue weighted by Gasteiger charge is 2.26. The number of sulfonamides is 1. The fourth-order valence-electron chi connectivity index (χ4n) is 3.81. The maximum Gasteiger partial charge on any atom is 0.260 e. The molecule has 3 aromatic carbocycles. The van der Waals surface area contributed by atoms with Crippen LogP contribution in [-0.2, 0) is 26.0 Å². The number of anilines is 1. The standard InChI is InChI=1S/C27H28BrN3O5S2/c1-35-16-14-30(15-17-36-2)38(33,34)23-11-8-21(9-12-23)26(32)31(19-20-6-4-3-5-7-20)27-29-24-13-10-22(28)18-25(24)37-27/h3-13,18H,14-17,19H2,1-2H3. The van der Waals surface area contributed by atoms with Crippen molar-refractivity contribution in [1.29, 1.82) is 0 Å². The van der Waals surface area contributed by atoms with Crippen LogP contribution in [0.5, 0.6) is 0 Å². The number of hydrogen-bond acceptors (Lipinski definition) is 7. The summed E-state index contributed by atoms with van der Waals surface area (Å²) in [6, 6.07) is 21.5. The molecule has 1 aromatic heterocycles. The van der Waals surface area contributed by atoms with Crippen LogP contribution in [0.4, 0.5) is 5.13 Å². The van der Waals surface area contributed by atoms with Crippen LogP contribution in [0.2, 0.25) is 0 Å². The number of carbonyl (C=O) groups excluding carboxylic acids is 1. The zero-order valence-electron chi connectivity index (χ0n) is 21.0. The van der Waals surface area contributed by atoms with Gasteiger partial charge in [0.1, 0.15) is 0 Å². The van der Waals surface area contributed by atoms with Crippen LogP contribution >= 0.6 is 27.3 Å². The predicted octanol–water partition coefficient (Wildman–Crippen LogP) is 5.19. The monoisotopic (exact) mass is 617 g/mol. The minimum absolute atomic E-state index is 0.0979. The van der Waals surface area contributed by atoms with Gasteiger partial charge in [-0.2, -0.15) is 4.31 Å². The van der Waals surface area contributed by atoms with Crippen molar-refractivity contribution >= 4 is 58.5 Å². The second kappa shape index (κ2) is 12.9. The molecule has 1 amide bonds. The molecular weight excluding hydrogens is 590 g/mol. The quantitative estimate of drug-likeness (QED) is 0.217. The van der Waals surface area contributed by atoms with E-state index in [1.165, 1.54) is 42.0 Å². The smallest absolute Gasteiger partial charge is 0.260 e. The molecule has 0 unspecified atom stereocenters. The van der Waals surface area contributed by atoms with Gasteiger partial charge in [0.2, 0.25) is 10.0 Å². The van der Waals surface area contributed by atoms with Gasteiger partial charge in [-0.15, -0.1) is 0 Å². The lowest BCUT2D eigenvalue weighted by atomic mass is 10.1. The maximum atomic E-state index is 13.8. The summed E-state index contributed by atoms with van der Waals surface area (Å²) in [5, 5.41) is 0.564. The van der Waals surface area contributed by atoms with Crippen LogP contribution in [0.1, 0.15) is 15.9 Å². The molecule has 1 heterocycles. The SMILES string of the molecule is COCCN(CCOC)S(=O)(=O)c1ccc(C(=O)N(Cc2ccccc2)c2nc3ccc(Br)cc3s2)cc1. The Kier molecular flexibility index (Phi) is 9.64. The Morgan fingerprint density at radius 1 is 0.947 bits per heavy atom. The van der Waals surface area contributed by atoms with Crippen LogP contribution in [0.3, 0.4) is 0 Å². The van der Waals surface area contributed by atoms with E-state index in [0.717, 1.165) is 20.3 Å². The molecule has 0 aliphatic heterocycles. The minimum atomic E-state index is -3.80. The van der Waals surface area contributed by atoms with E-state index in [1.54, 1.807) is 17.0 Å². The van der Waals surface area contributed by atoms with Gasteiger partial charge in [0.05, 0.1) is 34.9 Å². The van der Waals surface area contributed by atoms with Crippen molar-refractivity contribution in [2.75, 3.05) is 45.4 Å². The number of aromatic nitrogens is 1. The van der Waals surface area contributed by atoms with E-state index in [-0.39, 0.29) is 37.1 Å². The molecule has 0 fully saturated rings. The molecule has 0 saturated carbocycles. The Balaban J connectivity index is 1.64. The first-order valence-electron chi connectivity index (χ1n) is 11.8. The number of rotatable bonds is 12. The van der Waals surface area contributed by atoms with E-state index >= 15 is 0 Å². The Morgan fingerprint density at radius 3 is 2.24 bits per heavy atom. The second-order valence-corrected chi connectivity index (χ2v) is 12.3. The lowest BCUT2D eigenvalue weighted by Gasteiger charge is -2.22. The van der Waals surface area contributed by atoms with Crippen LogP contribution in [0.15, 0.2) is 82.2 Å². The summed E-state index contributed by atoms with van der Waals surface area (Å²) in [6.45, 7) is 1.23. The predicted molar refractivity (Wildman–Crippen MR) is 153 cm³/mol. The molecule has 4 aromatic rings. The van der Waals surface area contributed by atoms with Gasteiger partial charge >= 0.3 is 0 Å². The summed E-state index contributed by atoms with van der Waals surface area (Å²) in [5.74, 6) is -0.272. The topological polar surface area (TPSA) is 89.0 Å². The number of ether oxygens (including phenoxy) is 2. The van der Waals surface area contributed by atoms with Crippen LogP contribution < -0.4 is 4.90 Å². The number of nitrogens with zero attached hydrogens (tertiary/aromatic N) is 3. The summed E-state index contributed by atoms with van der Waals surface area (Å²) in [4.78, 5) is 20.2. The molecule has 4 rings (SSSR count). The highest BCUT2D eigenvalue weighted by molar-refractivity contribution is 9.10. The Hall–Kier alpha value is -2.67. The molecule has 0 aliphatic rings. The minimum Gasteiger partial charge on any atom is -0.383 e. The average Bonchev–Trinajstić information content (AvgIpc) is 3.35. The first kappa shape index (κ1) is 28.3. The molecule has 0 aliphatic carbocycles. The van der Waals surface area contributed by atoms with Gasteiger partial charge in [0, 0.05) is 37.3 Å². The van der Waals surface area contributed by atoms with Gasteiger partial charge in [0.15, 0.2) is 5.13 Å². The third kappa shape index (κ3) is 6.66. The van der Waals surface area contributed by atoms with E-state index in [0.29, 0.717) is 17.2 Å². The number of methoxy groups -OCH3 is 2. The Bertz CT molecular complexity index is 1470. The van der Waals surface area contributed by atoms with E-state index in [1.807, 2.05) is 48.5 Å². The molecule has 8 nitrogen and oxygen atoms in total. The van der Waals surface area contributed by atoms with Crippen molar-refractivity contribution in [3.8, 4) is 0 Å². The van der Waals surface area contributed by atoms with E-state index in [4.69, 9.17) is 14.5 Å². The molecule has 200 valence electrons. The number of carbonyl (C=O) groups is 1. The fourth-order valence-corrected chi connectivity index (χ4v) is 6.73. The van der Waals surface area contributed by atoms with Crippen molar-refractivity contribution in [3.05, 3.63) is 88.4 Å². The van der Waals surface area contributed by atoms with Gasteiger partial charge in [-0.05, 0) is 48.0 Å². The zero-order valence-corrected chi connectivity index (χ0v) is 24.3. The van der Waals surface area contributed by atoms with E-state index < -0.39 is 10.0 Å². The van der Waals surface area contributed by atoms with Gasteiger partial charge in [-0.1, -0.05) is 57.6 Å². The van der Waals surface area contributed by atoms with Crippen molar-refractivity contribution < 1.29 is 22.7 Å². The van der Waals surface area contributed by atoms with Crippen LogP contribution in [-0.4, -0.2) is 64.1 Å². The van der Waals surface area contributed by atoms with Crippen molar-refractivity contribution in [3.63, 3.8) is 0 Å². The Labute approximate surface area is 235 Å². The van der Waals surface area contributed by atoms with Crippen molar-refractivity contribution in [2.45, 2.75) is 11.4 Å².